The summed E-state index contributed by atoms with van der Waals surface area (Å²) in [5, 5.41) is 14.5. The summed E-state index contributed by atoms with van der Waals surface area (Å²) in [5.41, 5.74) is 0. The van der Waals surface area contributed by atoms with Crippen LogP contribution in [-0.4, -0.2) is 23.3 Å². The molecule has 1 aliphatic carbocycles. The molecule has 1 heterocycles. The highest BCUT2D eigenvalue weighted by atomic mass is 32.1. The molecule has 1 N–H and O–H groups in total. The fourth-order valence-electron chi connectivity index (χ4n) is 2.08. The molecule has 3 nitrogen and oxygen atoms in total. The summed E-state index contributed by atoms with van der Waals surface area (Å²) in [6, 6.07) is 0. The van der Waals surface area contributed by atoms with Crippen LogP contribution in [0.4, 0.5) is 0 Å². The van der Waals surface area contributed by atoms with Crippen LogP contribution < -0.4 is 5.32 Å². The van der Waals surface area contributed by atoms with Crippen molar-refractivity contribution in [1.82, 2.24) is 15.5 Å². The van der Waals surface area contributed by atoms with Gasteiger partial charge in [0.1, 0.15) is 10.0 Å². The Morgan fingerprint density at radius 3 is 2.76 bits per heavy atom. The monoisotopic (exact) mass is 253 g/mol. The summed E-state index contributed by atoms with van der Waals surface area (Å²) in [6.07, 6.45) is 8.86. The Bertz CT molecular complexity index is 320. The predicted octanol–water partition coefficient (Wildman–Crippen LogP) is 2.81. The van der Waals surface area contributed by atoms with Crippen LogP contribution in [0.2, 0.25) is 0 Å². The van der Waals surface area contributed by atoms with E-state index in [1.165, 1.54) is 48.5 Å². The molecule has 0 radical (unpaired) electrons. The van der Waals surface area contributed by atoms with E-state index in [1.807, 2.05) is 11.3 Å². The number of nitrogens with zero attached hydrogens (tertiary/aromatic N) is 2. The van der Waals surface area contributed by atoms with E-state index >= 15 is 0 Å². The maximum atomic E-state index is 4.30. The van der Waals surface area contributed by atoms with Gasteiger partial charge < -0.3 is 5.32 Å². The Labute approximate surface area is 108 Å². The first kappa shape index (κ1) is 13.0. The second-order valence-corrected chi connectivity index (χ2v) is 6.09. The van der Waals surface area contributed by atoms with Gasteiger partial charge in [-0.05, 0) is 31.8 Å². The minimum absolute atomic E-state index is 0.905. The van der Waals surface area contributed by atoms with Gasteiger partial charge in [0.25, 0.3) is 0 Å². The van der Waals surface area contributed by atoms with Gasteiger partial charge in [0.2, 0.25) is 0 Å². The van der Waals surface area contributed by atoms with E-state index in [1.54, 1.807) is 0 Å². The maximum Gasteiger partial charge on any atom is 0.117 e. The highest BCUT2D eigenvalue weighted by Gasteiger charge is 2.19. The smallest absolute Gasteiger partial charge is 0.117 e. The van der Waals surface area contributed by atoms with Gasteiger partial charge in [-0.3, -0.25) is 0 Å². The molecule has 0 aromatic carbocycles. The highest BCUT2D eigenvalue weighted by Crippen LogP contribution is 2.30. The van der Waals surface area contributed by atoms with Crippen LogP contribution in [0.1, 0.15) is 49.0 Å². The normalized spacial score (nSPS) is 16.1. The second-order valence-electron chi connectivity index (χ2n) is 4.94. The molecule has 96 valence electrons. The average Bonchev–Trinajstić information content (AvgIpc) is 2.71. The van der Waals surface area contributed by atoms with E-state index in [4.69, 9.17) is 0 Å². The van der Waals surface area contributed by atoms with Gasteiger partial charge in [-0.1, -0.05) is 26.2 Å². The summed E-state index contributed by atoms with van der Waals surface area (Å²) in [5.74, 6) is 0.905. The molecule has 17 heavy (non-hydrogen) atoms. The SMILES string of the molecule is CCCNCCCc1nnc(CC2CCC2)s1. The molecule has 2 rings (SSSR count). The zero-order valence-electron chi connectivity index (χ0n) is 10.7. The Hall–Kier alpha value is -0.480. The molecule has 0 aliphatic heterocycles. The van der Waals surface area contributed by atoms with Crippen molar-refractivity contribution >= 4 is 11.3 Å². The van der Waals surface area contributed by atoms with Crippen LogP contribution in [0.3, 0.4) is 0 Å². The molecular weight excluding hydrogens is 230 g/mol. The molecule has 1 saturated carbocycles. The summed E-state index contributed by atoms with van der Waals surface area (Å²) in [4.78, 5) is 0. The zero-order chi connectivity index (χ0) is 11.9. The maximum absolute atomic E-state index is 4.30. The lowest BCUT2D eigenvalue weighted by molar-refractivity contribution is 0.313. The van der Waals surface area contributed by atoms with Gasteiger partial charge in [-0.2, -0.15) is 0 Å². The van der Waals surface area contributed by atoms with Crippen molar-refractivity contribution in [3.8, 4) is 0 Å². The average molecular weight is 253 g/mol. The van der Waals surface area contributed by atoms with E-state index in [2.05, 4.69) is 22.4 Å². The van der Waals surface area contributed by atoms with Gasteiger partial charge >= 0.3 is 0 Å². The van der Waals surface area contributed by atoms with Crippen molar-refractivity contribution in [3.05, 3.63) is 10.0 Å². The summed E-state index contributed by atoms with van der Waals surface area (Å²) in [7, 11) is 0. The van der Waals surface area contributed by atoms with Gasteiger partial charge in [-0.25, -0.2) is 0 Å². The zero-order valence-corrected chi connectivity index (χ0v) is 11.6. The molecule has 0 spiro atoms. The summed E-state index contributed by atoms with van der Waals surface area (Å²) in [6.45, 7) is 4.43. The van der Waals surface area contributed by atoms with Gasteiger partial charge in [0.05, 0.1) is 0 Å². The topological polar surface area (TPSA) is 37.8 Å². The highest BCUT2D eigenvalue weighted by molar-refractivity contribution is 7.11. The lowest BCUT2D eigenvalue weighted by Crippen LogP contribution is -2.16. The second kappa shape index (κ2) is 7.07. The van der Waals surface area contributed by atoms with E-state index in [-0.39, 0.29) is 0 Å². The third-order valence-electron chi connectivity index (χ3n) is 3.37. The van der Waals surface area contributed by atoms with Crippen LogP contribution in [-0.2, 0) is 12.8 Å². The molecule has 1 aromatic rings. The molecule has 1 aliphatic rings. The molecule has 0 unspecified atom stereocenters. The third-order valence-corrected chi connectivity index (χ3v) is 4.37. The van der Waals surface area contributed by atoms with Crippen LogP contribution in [0, 0.1) is 5.92 Å². The Kier molecular flexibility index (Phi) is 5.39. The number of hydrogen-bond donors (Lipinski definition) is 1. The van der Waals surface area contributed by atoms with Crippen LogP contribution >= 0.6 is 11.3 Å². The largest absolute Gasteiger partial charge is 0.317 e. The van der Waals surface area contributed by atoms with E-state index in [9.17, 15) is 0 Å². The molecule has 4 heteroatoms. The lowest BCUT2D eigenvalue weighted by atomic mass is 9.83. The lowest BCUT2D eigenvalue weighted by Gasteiger charge is -2.23. The van der Waals surface area contributed by atoms with Crippen LogP contribution in [0.5, 0.6) is 0 Å². The van der Waals surface area contributed by atoms with E-state index in [0.29, 0.717) is 0 Å². The van der Waals surface area contributed by atoms with E-state index in [0.717, 1.165) is 25.4 Å². The standard InChI is InChI=1S/C13H23N3S/c1-2-8-14-9-4-7-12-15-16-13(17-12)10-11-5-3-6-11/h11,14H,2-10H2,1H3. The summed E-state index contributed by atoms with van der Waals surface area (Å²) >= 11 is 1.82. The summed E-state index contributed by atoms with van der Waals surface area (Å²) < 4.78 is 0. The molecule has 0 bridgehead atoms. The first-order valence-electron chi connectivity index (χ1n) is 6.90. The predicted molar refractivity (Wildman–Crippen MR) is 72.4 cm³/mol. The fraction of sp³-hybridized carbons (Fsp3) is 0.846. The number of aromatic nitrogens is 2. The molecule has 0 saturated heterocycles. The Morgan fingerprint density at radius 1 is 1.24 bits per heavy atom. The number of aryl methyl sites for hydroxylation is 1. The molecule has 1 fully saturated rings. The van der Waals surface area contributed by atoms with Gasteiger partial charge in [-0.15, -0.1) is 21.5 Å². The molecule has 0 amide bonds. The Morgan fingerprint density at radius 2 is 2.06 bits per heavy atom. The van der Waals surface area contributed by atoms with Crippen LogP contribution in [0.15, 0.2) is 0 Å². The van der Waals surface area contributed by atoms with Crippen molar-refractivity contribution in [2.24, 2.45) is 5.92 Å². The van der Waals surface area contributed by atoms with Crippen molar-refractivity contribution in [1.29, 1.82) is 0 Å². The number of nitrogens with one attached hydrogen (secondary N) is 1. The van der Waals surface area contributed by atoms with Crippen LogP contribution in [0.25, 0.3) is 0 Å². The third kappa shape index (κ3) is 4.36. The van der Waals surface area contributed by atoms with Crippen molar-refractivity contribution in [2.45, 2.75) is 51.9 Å². The molecular formula is C13H23N3S. The van der Waals surface area contributed by atoms with Crippen molar-refractivity contribution in [3.63, 3.8) is 0 Å². The minimum atomic E-state index is 0.905. The van der Waals surface area contributed by atoms with E-state index < -0.39 is 0 Å². The first-order chi connectivity index (χ1) is 8.38. The number of hydrogen-bond acceptors (Lipinski definition) is 4. The number of rotatable bonds is 8. The minimum Gasteiger partial charge on any atom is -0.317 e. The fourth-order valence-corrected chi connectivity index (χ4v) is 3.08. The quantitative estimate of drug-likeness (QED) is 0.724. The first-order valence-corrected chi connectivity index (χ1v) is 7.72. The van der Waals surface area contributed by atoms with Gasteiger partial charge in [0, 0.05) is 12.8 Å². The molecule has 0 atom stereocenters. The Balaban J connectivity index is 1.63. The van der Waals surface area contributed by atoms with Crippen molar-refractivity contribution in [2.75, 3.05) is 13.1 Å². The molecule has 1 aromatic heterocycles. The van der Waals surface area contributed by atoms with Crippen molar-refractivity contribution < 1.29 is 0 Å². The van der Waals surface area contributed by atoms with Gasteiger partial charge in [0.15, 0.2) is 0 Å².